The average Bonchev–Trinajstić information content (AvgIpc) is 2.34. The number of aliphatic hydroxyl groups is 1. The molecule has 4 nitrogen and oxygen atoms in total. The number of hydrogen-bond donors (Lipinski definition) is 2. The summed E-state index contributed by atoms with van der Waals surface area (Å²) < 4.78 is 33.4. The van der Waals surface area contributed by atoms with Crippen molar-refractivity contribution in [3.8, 4) is 0 Å². The molecule has 2 rings (SSSR count). The number of alkyl halides is 2. The van der Waals surface area contributed by atoms with Crippen molar-refractivity contribution in [2.24, 2.45) is 0 Å². The molecule has 116 valence electrons. The number of halogens is 2. The number of amides is 1. The van der Waals surface area contributed by atoms with Crippen LogP contribution in [0.15, 0.2) is 24.3 Å². The lowest BCUT2D eigenvalue weighted by Gasteiger charge is -2.36. The van der Waals surface area contributed by atoms with E-state index in [0.717, 1.165) is 0 Å². The first-order valence-electron chi connectivity index (χ1n) is 6.75. The SMILES string of the molecule is CC(C)(C)OC(=O)NC1Cc2ccccc2C(F)(F)C1O. The largest absolute Gasteiger partial charge is 0.444 e. The molecule has 0 saturated carbocycles. The molecule has 2 atom stereocenters. The standard InChI is InChI=1S/C15H19F2NO3/c1-14(2,3)21-13(20)18-11-8-9-6-4-5-7-10(9)15(16,17)12(11)19/h4-7,11-12,19H,8H2,1-3H3,(H,18,20). The maximum atomic E-state index is 14.2. The molecule has 6 heteroatoms. The number of rotatable bonds is 1. The van der Waals surface area contributed by atoms with Gasteiger partial charge in [0.25, 0.3) is 0 Å². The molecular weight excluding hydrogens is 280 g/mol. The summed E-state index contributed by atoms with van der Waals surface area (Å²) in [5.74, 6) is -3.41. The highest BCUT2D eigenvalue weighted by Gasteiger charge is 2.50. The van der Waals surface area contributed by atoms with Gasteiger partial charge in [-0.3, -0.25) is 0 Å². The first-order valence-corrected chi connectivity index (χ1v) is 6.75. The van der Waals surface area contributed by atoms with E-state index in [9.17, 15) is 18.7 Å². The van der Waals surface area contributed by atoms with Crippen LogP contribution in [0.2, 0.25) is 0 Å². The third kappa shape index (κ3) is 3.32. The predicted molar refractivity (Wildman–Crippen MR) is 73.2 cm³/mol. The number of hydrogen-bond acceptors (Lipinski definition) is 3. The van der Waals surface area contributed by atoms with Crippen LogP contribution in [-0.4, -0.2) is 28.9 Å². The highest BCUT2D eigenvalue weighted by Crippen LogP contribution is 2.40. The van der Waals surface area contributed by atoms with E-state index in [-0.39, 0.29) is 12.0 Å². The van der Waals surface area contributed by atoms with E-state index in [1.54, 1.807) is 32.9 Å². The summed E-state index contributed by atoms with van der Waals surface area (Å²) in [6.45, 7) is 5.02. The van der Waals surface area contributed by atoms with Gasteiger partial charge >= 0.3 is 12.0 Å². The highest BCUT2D eigenvalue weighted by molar-refractivity contribution is 5.68. The maximum absolute atomic E-state index is 14.2. The van der Waals surface area contributed by atoms with E-state index >= 15 is 0 Å². The number of ether oxygens (including phenoxy) is 1. The minimum absolute atomic E-state index is 0.131. The van der Waals surface area contributed by atoms with Crippen LogP contribution in [-0.2, 0) is 17.1 Å². The van der Waals surface area contributed by atoms with Gasteiger partial charge in [-0.2, -0.15) is 8.78 Å². The van der Waals surface area contributed by atoms with Crippen molar-refractivity contribution in [2.75, 3.05) is 0 Å². The van der Waals surface area contributed by atoms with Gasteiger partial charge in [-0.1, -0.05) is 24.3 Å². The lowest BCUT2D eigenvalue weighted by atomic mass is 9.83. The summed E-state index contributed by atoms with van der Waals surface area (Å²) in [6, 6.07) is 4.92. The van der Waals surface area contributed by atoms with Crippen LogP contribution in [0.5, 0.6) is 0 Å². The fraction of sp³-hybridized carbons (Fsp3) is 0.533. The molecule has 0 aromatic heterocycles. The number of fused-ring (bicyclic) bond motifs is 1. The van der Waals surface area contributed by atoms with Gasteiger partial charge < -0.3 is 15.2 Å². The molecule has 1 aliphatic carbocycles. The second-order valence-electron chi connectivity index (χ2n) is 6.18. The molecule has 0 heterocycles. The van der Waals surface area contributed by atoms with Gasteiger partial charge in [0.2, 0.25) is 0 Å². The molecule has 1 aromatic carbocycles. The summed E-state index contributed by atoms with van der Waals surface area (Å²) in [4.78, 5) is 11.7. The molecule has 0 bridgehead atoms. The second-order valence-corrected chi connectivity index (χ2v) is 6.18. The van der Waals surface area contributed by atoms with Crippen molar-refractivity contribution in [3.05, 3.63) is 35.4 Å². The van der Waals surface area contributed by atoms with Crippen LogP contribution >= 0.6 is 0 Å². The quantitative estimate of drug-likeness (QED) is 0.838. The summed E-state index contributed by atoms with van der Waals surface area (Å²) in [6.07, 6.45) is -2.67. The number of carbonyl (C=O) groups is 1. The minimum Gasteiger partial charge on any atom is -0.444 e. The van der Waals surface area contributed by atoms with Crippen molar-refractivity contribution in [1.82, 2.24) is 5.32 Å². The van der Waals surface area contributed by atoms with Crippen LogP contribution in [0.25, 0.3) is 0 Å². The fourth-order valence-corrected chi connectivity index (χ4v) is 2.37. The van der Waals surface area contributed by atoms with E-state index in [2.05, 4.69) is 5.32 Å². The zero-order valence-corrected chi connectivity index (χ0v) is 12.2. The molecule has 21 heavy (non-hydrogen) atoms. The molecule has 2 N–H and O–H groups in total. The third-order valence-corrected chi connectivity index (χ3v) is 3.27. The van der Waals surface area contributed by atoms with E-state index in [1.807, 2.05) is 0 Å². The Morgan fingerprint density at radius 3 is 2.62 bits per heavy atom. The Balaban J connectivity index is 2.19. The van der Waals surface area contributed by atoms with Crippen LogP contribution in [0.1, 0.15) is 31.9 Å². The predicted octanol–water partition coefficient (Wildman–Crippen LogP) is 2.59. The Bertz CT molecular complexity index is 540. The van der Waals surface area contributed by atoms with Crippen molar-refractivity contribution in [2.45, 2.75) is 50.9 Å². The molecule has 0 radical (unpaired) electrons. The maximum Gasteiger partial charge on any atom is 0.407 e. The van der Waals surface area contributed by atoms with Gasteiger partial charge in [-0.25, -0.2) is 4.79 Å². The Labute approximate surface area is 122 Å². The van der Waals surface area contributed by atoms with Gasteiger partial charge in [-0.15, -0.1) is 0 Å². The topological polar surface area (TPSA) is 58.6 Å². The molecular formula is C15H19F2NO3. The smallest absolute Gasteiger partial charge is 0.407 e. The Morgan fingerprint density at radius 2 is 2.00 bits per heavy atom. The normalized spacial score (nSPS) is 24.1. The number of nitrogens with one attached hydrogen (secondary N) is 1. The number of aliphatic hydroxyl groups excluding tert-OH is 1. The highest BCUT2D eigenvalue weighted by atomic mass is 19.3. The molecule has 2 unspecified atom stereocenters. The zero-order valence-electron chi connectivity index (χ0n) is 12.2. The van der Waals surface area contributed by atoms with Gasteiger partial charge in [0.05, 0.1) is 6.04 Å². The van der Waals surface area contributed by atoms with E-state index < -0.39 is 29.8 Å². The lowest BCUT2D eigenvalue weighted by Crippen LogP contribution is -2.55. The molecule has 0 spiro atoms. The Hall–Kier alpha value is -1.69. The lowest BCUT2D eigenvalue weighted by molar-refractivity contribution is -0.135. The van der Waals surface area contributed by atoms with Crippen molar-refractivity contribution in [3.63, 3.8) is 0 Å². The van der Waals surface area contributed by atoms with Crippen LogP contribution in [0.4, 0.5) is 13.6 Å². The molecule has 1 aliphatic rings. The van der Waals surface area contributed by atoms with Gasteiger partial charge in [-0.05, 0) is 32.8 Å². The van der Waals surface area contributed by atoms with Crippen LogP contribution in [0.3, 0.4) is 0 Å². The summed E-state index contributed by atoms with van der Waals surface area (Å²) in [7, 11) is 0. The average molecular weight is 299 g/mol. The van der Waals surface area contributed by atoms with Gasteiger partial charge in [0.15, 0.2) is 0 Å². The Morgan fingerprint density at radius 1 is 1.38 bits per heavy atom. The molecule has 0 aliphatic heterocycles. The van der Waals surface area contributed by atoms with Crippen molar-refractivity contribution >= 4 is 6.09 Å². The molecule has 1 aromatic rings. The monoisotopic (exact) mass is 299 g/mol. The first-order chi connectivity index (χ1) is 9.61. The van der Waals surface area contributed by atoms with Gasteiger partial charge in [0, 0.05) is 5.56 Å². The summed E-state index contributed by atoms with van der Waals surface area (Å²) in [5, 5.41) is 12.2. The van der Waals surface area contributed by atoms with E-state index in [4.69, 9.17) is 4.74 Å². The minimum atomic E-state index is -3.41. The fourth-order valence-electron chi connectivity index (χ4n) is 2.37. The zero-order chi connectivity index (χ0) is 15.8. The van der Waals surface area contributed by atoms with Gasteiger partial charge in [0.1, 0.15) is 11.7 Å². The number of benzene rings is 1. The third-order valence-electron chi connectivity index (χ3n) is 3.27. The van der Waals surface area contributed by atoms with Crippen molar-refractivity contribution in [1.29, 1.82) is 0 Å². The first kappa shape index (κ1) is 15.7. The van der Waals surface area contributed by atoms with Crippen molar-refractivity contribution < 1.29 is 23.4 Å². The molecule has 0 saturated heterocycles. The summed E-state index contributed by atoms with van der Waals surface area (Å²) in [5.41, 5.74) is -0.516. The summed E-state index contributed by atoms with van der Waals surface area (Å²) >= 11 is 0. The molecule has 0 fully saturated rings. The van der Waals surface area contributed by atoms with E-state index in [1.165, 1.54) is 12.1 Å². The second kappa shape index (κ2) is 5.26. The molecule has 1 amide bonds. The van der Waals surface area contributed by atoms with Crippen LogP contribution in [0, 0.1) is 0 Å². The number of carbonyl (C=O) groups excluding carboxylic acids is 1. The Kier molecular flexibility index (Phi) is 3.93. The number of alkyl carbamates (subject to hydrolysis) is 1. The van der Waals surface area contributed by atoms with E-state index in [0.29, 0.717) is 5.56 Å². The van der Waals surface area contributed by atoms with Crippen LogP contribution < -0.4 is 5.32 Å².